The maximum absolute atomic E-state index is 10.8. The van der Waals surface area contributed by atoms with Crippen LogP contribution in [-0.2, 0) is 24.2 Å². The molecule has 0 aliphatic heterocycles. The van der Waals surface area contributed by atoms with Crippen molar-refractivity contribution in [1.82, 2.24) is 15.2 Å². The Labute approximate surface area is 216 Å². The van der Waals surface area contributed by atoms with E-state index < -0.39 is 0 Å². The van der Waals surface area contributed by atoms with Crippen LogP contribution in [0.3, 0.4) is 0 Å². The fraction of sp³-hybridized carbons (Fsp3) is 0.241. The third-order valence-corrected chi connectivity index (χ3v) is 6.65. The number of nitrogens with one attached hydrogen (secondary N) is 1. The van der Waals surface area contributed by atoms with Crippen LogP contribution in [0, 0.1) is 0 Å². The fourth-order valence-electron chi connectivity index (χ4n) is 4.49. The predicted octanol–water partition coefficient (Wildman–Crippen LogP) is 6.56. The minimum absolute atomic E-state index is 0.589. The summed E-state index contributed by atoms with van der Waals surface area (Å²) in [7, 11) is 0. The Morgan fingerprint density at radius 2 is 1.74 bits per heavy atom. The van der Waals surface area contributed by atoms with Gasteiger partial charge in [-0.3, -0.25) is 14.7 Å². The van der Waals surface area contributed by atoms with Gasteiger partial charge in [-0.05, 0) is 59.4 Å². The largest absolute Gasteiger partial charge is 0.357 e. The molecule has 6 heteroatoms. The maximum Gasteiger partial charge on any atom is 0.207 e. The first-order chi connectivity index (χ1) is 17.1. The van der Waals surface area contributed by atoms with Crippen molar-refractivity contribution in [2.75, 3.05) is 19.6 Å². The highest BCUT2D eigenvalue weighted by molar-refractivity contribution is 6.34. The van der Waals surface area contributed by atoms with Gasteiger partial charge in [-0.25, -0.2) is 0 Å². The molecule has 0 fully saturated rings. The molecule has 1 heterocycles. The van der Waals surface area contributed by atoms with Gasteiger partial charge in [-0.2, -0.15) is 0 Å². The lowest BCUT2D eigenvalue weighted by Crippen LogP contribution is -2.33. The molecule has 4 nitrogen and oxygen atoms in total. The number of halogens is 2. The van der Waals surface area contributed by atoms with Gasteiger partial charge in [0.05, 0.1) is 5.52 Å². The topological polar surface area (TPSA) is 45.2 Å². The predicted molar refractivity (Wildman–Crippen MR) is 146 cm³/mol. The van der Waals surface area contributed by atoms with Crippen LogP contribution in [0.4, 0.5) is 0 Å². The number of pyridine rings is 1. The number of benzene rings is 3. The van der Waals surface area contributed by atoms with Crippen LogP contribution >= 0.6 is 23.2 Å². The highest BCUT2D eigenvalue weighted by atomic mass is 35.5. The first-order valence-electron chi connectivity index (χ1n) is 11.9. The minimum atomic E-state index is 0.589. The molecule has 180 valence electrons. The Morgan fingerprint density at radius 1 is 0.943 bits per heavy atom. The van der Waals surface area contributed by atoms with Crippen molar-refractivity contribution >= 4 is 40.5 Å². The molecule has 0 saturated carbocycles. The van der Waals surface area contributed by atoms with E-state index in [1.54, 1.807) is 6.07 Å². The molecule has 0 spiro atoms. The highest BCUT2D eigenvalue weighted by Crippen LogP contribution is 2.29. The molecule has 0 bridgehead atoms. The number of rotatable bonds is 11. The zero-order valence-electron chi connectivity index (χ0n) is 19.8. The van der Waals surface area contributed by atoms with Gasteiger partial charge in [0.25, 0.3) is 0 Å². The summed E-state index contributed by atoms with van der Waals surface area (Å²) in [6.45, 7) is 5.09. The van der Waals surface area contributed by atoms with E-state index in [2.05, 4.69) is 64.6 Å². The highest BCUT2D eigenvalue weighted by Gasteiger charge is 2.12. The third-order valence-electron chi connectivity index (χ3n) is 6.21. The number of para-hydroxylation sites is 1. The molecule has 4 aromatic rings. The Balaban J connectivity index is 1.53. The van der Waals surface area contributed by atoms with E-state index in [0.29, 0.717) is 23.1 Å². The third kappa shape index (κ3) is 6.61. The van der Waals surface area contributed by atoms with E-state index in [1.807, 2.05) is 24.4 Å². The molecule has 0 aliphatic rings. The maximum atomic E-state index is 10.8. The van der Waals surface area contributed by atoms with Crippen molar-refractivity contribution in [3.05, 3.63) is 99.7 Å². The first-order valence-corrected chi connectivity index (χ1v) is 12.6. The van der Waals surface area contributed by atoms with Gasteiger partial charge < -0.3 is 5.32 Å². The Hall–Kier alpha value is -2.92. The molecule has 0 aliphatic carbocycles. The average molecular weight is 506 g/mol. The molecule has 1 aromatic heterocycles. The second-order valence-electron chi connectivity index (χ2n) is 8.59. The smallest absolute Gasteiger partial charge is 0.207 e. The molecule has 1 N–H and O–H groups in total. The van der Waals surface area contributed by atoms with Gasteiger partial charge in [-0.1, -0.05) is 72.6 Å². The molecule has 35 heavy (non-hydrogen) atoms. The van der Waals surface area contributed by atoms with Crippen LogP contribution in [0.1, 0.15) is 23.6 Å². The van der Waals surface area contributed by atoms with Gasteiger partial charge in [0.2, 0.25) is 6.41 Å². The number of hydrogen-bond donors (Lipinski definition) is 1. The van der Waals surface area contributed by atoms with E-state index in [4.69, 9.17) is 23.2 Å². The fourth-order valence-corrected chi connectivity index (χ4v) is 5.07. The first kappa shape index (κ1) is 25.2. The van der Waals surface area contributed by atoms with E-state index in [-0.39, 0.29) is 0 Å². The molecular formula is C29H29Cl2N3O. The Bertz CT molecular complexity index is 1280. The Kier molecular flexibility index (Phi) is 8.75. The van der Waals surface area contributed by atoms with Crippen LogP contribution in [0.2, 0.25) is 10.0 Å². The van der Waals surface area contributed by atoms with Crippen molar-refractivity contribution in [2.45, 2.75) is 26.3 Å². The standard InChI is InChI=1S/C29H29Cl2N3O/c1-2-22-17-25(28-7-3-5-24-6-4-11-33-29(24)28)9-8-23(22)10-13-34(14-12-32-20-35)19-21-15-26(30)18-27(31)16-21/h3-9,11,15-18,20H,2,10,12-14,19H2,1H3,(H,32,35). The van der Waals surface area contributed by atoms with Gasteiger partial charge in [0.1, 0.15) is 0 Å². The minimum Gasteiger partial charge on any atom is -0.357 e. The number of carbonyl (C=O) groups is 1. The number of amides is 1. The molecule has 0 saturated heterocycles. The summed E-state index contributed by atoms with van der Waals surface area (Å²) in [4.78, 5) is 17.7. The van der Waals surface area contributed by atoms with Crippen molar-refractivity contribution in [2.24, 2.45) is 0 Å². The summed E-state index contributed by atoms with van der Waals surface area (Å²) in [6.07, 6.45) is 4.46. The van der Waals surface area contributed by atoms with Crippen molar-refractivity contribution in [1.29, 1.82) is 0 Å². The zero-order valence-corrected chi connectivity index (χ0v) is 21.3. The molecule has 0 atom stereocenters. The van der Waals surface area contributed by atoms with Crippen molar-refractivity contribution < 1.29 is 4.79 Å². The van der Waals surface area contributed by atoms with E-state index in [1.165, 1.54) is 16.7 Å². The zero-order chi connectivity index (χ0) is 24.6. The second kappa shape index (κ2) is 12.2. The molecule has 3 aromatic carbocycles. The number of hydrogen-bond acceptors (Lipinski definition) is 3. The monoisotopic (exact) mass is 505 g/mol. The molecule has 4 rings (SSSR count). The van der Waals surface area contributed by atoms with E-state index >= 15 is 0 Å². The number of aryl methyl sites for hydroxylation is 1. The van der Waals surface area contributed by atoms with E-state index in [0.717, 1.165) is 54.4 Å². The number of aromatic nitrogens is 1. The summed E-state index contributed by atoms with van der Waals surface area (Å²) < 4.78 is 0. The van der Waals surface area contributed by atoms with E-state index in [9.17, 15) is 4.79 Å². The van der Waals surface area contributed by atoms with Crippen LogP contribution in [0.15, 0.2) is 72.9 Å². The summed E-state index contributed by atoms with van der Waals surface area (Å²) >= 11 is 12.4. The van der Waals surface area contributed by atoms with Gasteiger partial charge in [-0.15, -0.1) is 0 Å². The quantitative estimate of drug-likeness (QED) is 0.185. The van der Waals surface area contributed by atoms with Crippen molar-refractivity contribution in [3.8, 4) is 11.1 Å². The normalized spacial score (nSPS) is 11.2. The van der Waals surface area contributed by atoms with Crippen LogP contribution < -0.4 is 5.32 Å². The Morgan fingerprint density at radius 3 is 2.51 bits per heavy atom. The van der Waals surface area contributed by atoms with Crippen molar-refractivity contribution in [3.63, 3.8) is 0 Å². The number of carbonyl (C=O) groups excluding carboxylic acids is 1. The number of fused-ring (bicyclic) bond motifs is 1. The second-order valence-corrected chi connectivity index (χ2v) is 9.47. The summed E-state index contributed by atoms with van der Waals surface area (Å²) in [5.74, 6) is 0. The van der Waals surface area contributed by atoms with Crippen LogP contribution in [-0.4, -0.2) is 35.9 Å². The van der Waals surface area contributed by atoms with Gasteiger partial charge in [0, 0.05) is 53.4 Å². The van der Waals surface area contributed by atoms with Gasteiger partial charge >= 0.3 is 0 Å². The molecule has 0 unspecified atom stereocenters. The van der Waals surface area contributed by atoms with Gasteiger partial charge in [0.15, 0.2) is 0 Å². The molecular weight excluding hydrogens is 477 g/mol. The molecule has 0 radical (unpaired) electrons. The average Bonchev–Trinajstić information content (AvgIpc) is 2.86. The summed E-state index contributed by atoms with van der Waals surface area (Å²) in [6, 6.07) is 22.8. The summed E-state index contributed by atoms with van der Waals surface area (Å²) in [5, 5.41) is 5.17. The number of nitrogens with zero attached hydrogens (tertiary/aromatic N) is 2. The molecule has 1 amide bonds. The SMILES string of the molecule is CCc1cc(-c2cccc3cccnc23)ccc1CCN(CCNC=O)Cc1cc(Cl)cc(Cl)c1. The van der Waals surface area contributed by atoms with Crippen LogP contribution in [0.5, 0.6) is 0 Å². The lowest BCUT2D eigenvalue weighted by molar-refractivity contribution is -0.109. The summed E-state index contributed by atoms with van der Waals surface area (Å²) in [5.41, 5.74) is 7.11. The lowest BCUT2D eigenvalue weighted by Gasteiger charge is -2.23. The lowest BCUT2D eigenvalue weighted by atomic mass is 9.95. The van der Waals surface area contributed by atoms with Crippen LogP contribution in [0.25, 0.3) is 22.0 Å².